The van der Waals surface area contributed by atoms with Gasteiger partial charge in [0.25, 0.3) is 0 Å². The lowest BCUT2D eigenvalue weighted by atomic mass is 10.1. The first-order chi connectivity index (χ1) is 6.56. The third kappa shape index (κ3) is 11.7. The van der Waals surface area contributed by atoms with E-state index in [2.05, 4.69) is 6.58 Å². The predicted molar refractivity (Wildman–Crippen MR) is 60.1 cm³/mol. The van der Waals surface area contributed by atoms with E-state index in [4.69, 9.17) is 9.78 Å². The van der Waals surface area contributed by atoms with Gasteiger partial charge in [-0.1, -0.05) is 18.9 Å². The van der Waals surface area contributed by atoms with Gasteiger partial charge < -0.3 is 0 Å². The maximum Gasteiger partial charge on any atom is 0.0952 e. The zero-order valence-corrected chi connectivity index (χ0v) is 9.84. The Morgan fingerprint density at radius 2 is 1.71 bits per heavy atom. The minimum absolute atomic E-state index is 0.192. The molecule has 2 heteroatoms. The number of rotatable bonds is 8. The molecule has 0 bridgehead atoms. The van der Waals surface area contributed by atoms with E-state index in [1.54, 1.807) is 0 Å². The molecule has 0 aromatic heterocycles. The highest BCUT2D eigenvalue weighted by Gasteiger charge is 2.10. The van der Waals surface area contributed by atoms with Crippen LogP contribution in [0.4, 0.5) is 0 Å². The largest absolute Gasteiger partial charge is 0.236 e. The molecule has 0 atom stereocenters. The van der Waals surface area contributed by atoms with Crippen LogP contribution in [0.3, 0.4) is 0 Å². The van der Waals surface area contributed by atoms with Crippen molar-refractivity contribution in [3.63, 3.8) is 0 Å². The van der Waals surface area contributed by atoms with Gasteiger partial charge in [0.1, 0.15) is 0 Å². The standard InChI is InChI=1S/C12H24O2/c1-5-6-7-8-9-10-11-13-14-12(2,3)4/h5H,1,6-11H2,2-4H3. The second-order valence-corrected chi connectivity index (χ2v) is 4.51. The summed E-state index contributed by atoms with van der Waals surface area (Å²) in [7, 11) is 0. The molecule has 0 aromatic carbocycles. The first-order valence-electron chi connectivity index (χ1n) is 5.48. The van der Waals surface area contributed by atoms with Crippen molar-refractivity contribution in [1.29, 1.82) is 0 Å². The quantitative estimate of drug-likeness (QED) is 0.256. The first-order valence-corrected chi connectivity index (χ1v) is 5.48. The third-order valence-electron chi connectivity index (χ3n) is 1.69. The third-order valence-corrected chi connectivity index (χ3v) is 1.69. The highest BCUT2D eigenvalue weighted by atomic mass is 17.2. The minimum Gasteiger partial charge on any atom is -0.236 e. The normalized spacial score (nSPS) is 11.6. The van der Waals surface area contributed by atoms with Crippen LogP contribution in [0.5, 0.6) is 0 Å². The van der Waals surface area contributed by atoms with Gasteiger partial charge in [-0.15, -0.1) is 6.58 Å². The molecule has 0 rings (SSSR count). The number of allylic oxidation sites excluding steroid dienone is 1. The molecule has 2 nitrogen and oxygen atoms in total. The smallest absolute Gasteiger partial charge is 0.0952 e. The Labute approximate surface area is 88.2 Å². The first kappa shape index (κ1) is 13.7. The van der Waals surface area contributed by atoms with Crippen molar-refractivity contribution in [2.24, 2.45) is 0 Å². The van der Waals surface area contributed by atoms with Gasteiger partial charge in [-0.3, -0.25) is 0 Å². The molecule has 0 saturated carbocycles. The summed E-state index contributed by atoms with van der Waals surface area (Å²) >= 11 is 0. The molecule has 0 unspecified atom stereocenters. The van der Waals surface area contributed by atoms with Crippen molar-refractivity contribution in [2.45, 2.75) is 58.5 Å². The molecule has 14 heavy (non-hydrogen) atoms. The molecule has 0 aliphatic carbocycles. The van der Waals surface area contributed by atoms with E-state index < -0.39 is 0 Å². The van der Waals surface area contributed by atoms with Gasteiger partial charge in [0.2, 0.25) is 0 Å². The summed E-state index contributed by atoms with van der Waals surface area (Å²) in [5, 5.41) is 0. The van der Waals surface area contributed by atoms with Crippen molar-refractivity contribution in [3.8, 4) is 0 Å². The Kier molecular flexibility index (Phi) is 7.81. The lowest BCUT2D eigenvalue weighted by Crippen LogP contribution is -2.19. The maximum atomic E-state index is 5.14. The van der Waals surface area contributed by atoms with E-state index in [0.29, 0.717) is 6.61 Å². The Balaban J connectivity index is 3.03. The molecule has 0 aromatic rings. The SMILES string of the molecule is C=CCCCCCCOOC(C)(C)C. The van der Waals surface area contributed by atoms with Gasteiger partial charge in [-0.2, -0.15) is 0 Å². The van der Waals surface area contributed by atoms with Crippen LogP contribution in [-0.4, -0.2) is 12.2 Å². The van der Waals surface area contributed by atoms with Crippen LogP contribution in [0.2, 0.25) is 0 Å². The minimum atomic E-state index is -0.192. The highest BCUT2D eigenvalue weighted by Crippen LogP contribution is 2.08. The number of hydrogen-bond donors (Lipinski definition) is 0. The van der Waals surface area contributed by atoms with Crippen LogP contribution in [0, 0.1) is 0 Å². The van der Waals surface area contributed by atoms with E-state index in [-0.39, 0.29) is 5.60 Å². The van der Waals surface area contributed by atoms with Crippen LogP contribution in [0.15, 0.2) is 12.7 Å². The van der Waals surface area contributed by atoms with Gasteiger partial charge in [0.05, 0.1) is 12.2 Å². The molecule has 0 heterocycles. The van der Waals surface area contributed by atoms with Crippen LogP contribution in [0.1, 0.15) is 52.9 Å². The zero-order valence-electron chi connectivity index (χ0n) is 9.84. The second kappa shape index (κ2) is 8.01. The number of unbranched alkanes of at least 4 members (excludes halogenated alkanes) is 4. The predicted octanol–water partition coefficient (Wildman–Crippen LogP) is 3.87. The van der Waals surface area contributed by atoms with Crippen LogP contribution < -0.4 is 0 Å². The van der Waals surface area contributed by atoms with E-state index in [1.165, 1.54) is 19.3 Å². The van der Waals surface area contributed by atoms with Crippen molar-refractivity contribution >= 4 is 0 Å². The summed E-state index contributed by atoms with van der Waals surface area (Å²) in [6, 6.07) is 0. The van der Waals surface area contributed by atoms with Crippen molar-refractivity contribution in [2.75, 3.05) is 6.61 Å². The number of hydrogen-bond acceptors (Lipinski definition) is 2. The summed E-state index contributed by atoms with van der Waals surface area (Å²) in [6.45, 7) is 10.3. The maximum absolute atomic E-state index is 5.14. The van der Waals surface area contributed by atoms with E-state index in [9.17, 15) is 0 Å². The van der Waals surface area contributed by atoms with Crippen LogP contribution >= 0.6 is 0 Å². The molecule has 0 N–H and O–H groups in total. The fourth-order valence-electron chi connectivity index (χ4n) is 1.02. The summed E-state index contributed by atoms with van der Waals surface area (Å²) in [5.41, 5.74) is -0.192. The summed E-state index contributed by atoms with van der Waals surface area (Å²) < 4.78 is 0. The summed E-state index contributed by atoms with van der Waals surface area (Å²) in [4.78, 5) is 10.2. The Hall–Kier alpha value is -0.340. The average Bonchev–Trinajstić information content (AvgIpc) is 2.08. The van der Waals surface area contributed by atoms with Crippen LogP contribution in [-0.2, 0) is 9.78 Å². The van der Waals surface area contributed by atoms with Crippen molar-refractivity contribution in [3.05, 3.63) is 12.7 Å². The molecule has 0 spiro atoms. The molecule has 0 fully saturated rings. The van der Waals surface area contributed by atoms with Gasteiger partial charge in [-0.05, 0) is 40.0 Å². The molecule has 0 aliphatic heterocycles. The second-order valence-electron chi connectivity index (χ2n) is 4.51. The van der Waals surface area contributed by atoms with E-state index in [0.717, 1.165) is 12.8 Å². The molecule has 0 saturated heterocycles. The molecule has 0 amide bonds. The highest BCUT2D eigenvalue weighted by molar-refractivity contribution is 4.65. The molecular weight excluding hydrogens is 176 g/mol. The van der Waals surface area contributed by atoms with Crippen molar-refractivity contribution in [1.82, 2.24) is 0 Å². The molecule has 0 aliphatic rings. The van der Waals surface area contributed by atoms with Crippen LogP contribution in [0.25, 0.3) is 0 Å². The zero-order chi connectivity index (χ0) is 10.9. The van der Waals surface area contributed by atoms with E-state index >= 15 is 0 Å². The summed E-state index contributed by atoms with van der Waals surface area (Å²) in [6.07, 6.45) is 7.88. The lowest BCUT2D eigenvalue weighted by molar-refractivity contribution is -0.348. The van der Waals surface area contributed by atoms with Gasteiger partial charge >= 0.3 is 0 Å². The fourth-order valence-corrected chi connectivity index (χ4v) is 1.02. The van der Waals surface area contributed by atoms with E-state index in [1.807, 2.05) is 26.8 Å². The Morgan fingerprint density at radius 3 is 2.29 bits per heavy atom. The van der Waals surface area contributed by atoms with Gasteiger partial charge in [0, 0.05) is 0 Å². The molecule has 84 valence electrons. The monoisotopic (exact) mass is 200 g/mol. The summed E-state index contributed by atoms with van der Waals surface area (Å²) in [5.74, 6) is 0. The average molecular weight is 200 g/mol. The molecular formula is C12H24O2. The Morgan fingerprint density at radius 1 is 1.07 bits per heavy atom. The molecule has 0 radical (unpaired) electrons. The van der Waals surface area contributed by atoms with Crippen molar-refractivity contribution < 1.29 is 9.78 Å². The fraction of sp³-hybridized carbons (Fsp3) is 0.833. The van der Waals surface area contributed by atoms with Gasteiger partial charge in [0.15, 0.2) is 0 Å². The van der Waals surface area contributed by atoms with Gasteiger partial charge in [-0.25, -0.2) is 9.78 Å². The Bertz CT molecular complexity index is 136. The lowest BCUT2D eigenvalue weighted by Gasteiger charge is -2.17. The topological polar surface area (TPSA) is 18.5 Å².